The van der Waals surface area contributed by atoms with Crippen LogP contribution in [0.25, 0.3) is 0 Å². The van der Waals surface area contributed by atoms with Gasteiger partial charge in [-0.1, -0.05) is 30.3 Å². The molecule has 33 heavy (non-hydrogen) atoms. The summed E-state index contributed by atoms with van der Waals surface area (Å²) in [5.41, 5.74) is 2.09. The van der Waals surface area contributed by atoms with Gasteiger partial charge in [-0.25, -0.2) is 13.2 Å². The fourth-order valence-corrected chi connectivity index (χ4v) is 5.62. The third kappa shape index (κ3) is 5.72. The maximum absolute atomic E-state index is 13.1. The van der Waals surface area contributed by atoms with E-state index in [1.165, 1.54) is 23.5 Å². The zero-order valence-electron chi connectivity index (χ0n) is 19.2. The number of rotatable bonds is 8. The Morgan fingerprint density at radius 3 is 2.30 bits per heavy atom. The standard InChI is InChI=1S/C24H30N2O6S/c1-17-7-6-8-18(2)22(17)32-16-13-25-23(27)19-11-14-26(15-12-19)33(29,30)21-10-5-4-9-20(21)24(28)31-3/h4-10,19H,11-16H2,1-3H3,(H,25,27). The second-order valence-electron chi connectivity index (χ2n) is 8.03. The Morgan fingerprint density at radius 1 is 1.03 bits per heavy atom. The Hall–Kier alpha value is -2.91. The second-order valence-corrected chi connectivity index (χ2v) is 9.93. The molecule has 3 rings (SSSR count). The molecule has 9 heteroatoms. The first kappa shape index (κ1) is 24.7. The van der Waals surface area contributed by atoms with Crippen LogP contribution in [0.2, 0.25) is 0 Å². The number of benzene rings is 2. The third-order valence-corrected chi connectivity index (χ3v) is 7.75. The molecule has 2 aromatic carbocycles. The highest BCUT2D eigenvalue weighted by molar-refractivity contribution is 7.89. The van der Waals surface area contributed by atoms with Gasteiger partial charge in [-0.3, -0.25) is 4.79 Å². The lowest BCUT2D eigenvalue weighted by molar-refractivity contribution is -0.126. The molecule has 0 atom stereocenters. The number of carbonyl (C=O) groups is 2. The average Bonchev–Trinajstić information content (AvgIpc) is 2.82. The summed E-state index contributed by atoms with van der Waals surface area (Å²) in [6.45, 7) is 5.09. The van der Waals surface area contributed by atoms with E-state index in [0.29, 0.717) is 26.0 Å². The van der Waals surface area contributed by atoms with Gasteiger partial charge in [0.25, 0.3) is 0 Å². The lowest BCUT2D eigenvalue weighted by Gasteiger charge is -2.31. The number of nitrogens with zero attached hydrogens (tertiary/aromatic N) is 1. The fourth-order valence-electron chi connectivity index (χ4n) is 3.97. The SMILES string of the molecule is COC(=O)c1ccccc1S(=O)(=O)N1CCC(C(=O)NCCOc2c(C)cccc2C)CC1. The summed E-state index contributed by atoms with van der Waals surface area (Å²) in [4.78, 5) is 24.5. The monoisotopic (exact) mass is 474 g/mol. The summed E-state index contributed by atoms with van der Waals surface area (Å²) in [7, 11) is -2.66. The molecule has 0 bridgehead atoms. The number of methoxy groups -OCH3 is 1. The number of amides is 1. The van der Waals surface area contributed by atoms with Crippen molar-refractivity contribution >= 4 is 21.9 Å². The minimum Gasteiger partial charge on any atom is -0.491 e. The number of hydrogen-bond acceptors (Lipinski definition) is 6. The number of sulfonamides is 1. The Bertz CT molecular complexity index is 1090. The van der Waals surface area contributed by atoms with E-state index in [-0.39, 0.29) is 35.4 Å². The summed E-state index contributed by atoms with van der Waals surface area (Å²) in [5.74, 6) is -0.247. The number of para-hydroxylation sites is 1. The van der Waals surface area contributed by atoms with E-state index in [2.05, 4.69) is 5.32 Å². The molecule has 1 aliphatic heterocycles. The molecule has 0 spiro atoms. The largest absolute Gasteiger partial charge is 0.491 e. The van der Waals surface area contributed by atoms with Crippen molar-refractivity contribution in [3.8, 4) is 5.75 Å². The summed E-state index contributed by atoms with van der Waals surface area (Å²) in [6, 6.07) is 11.9. The van der Waals surface area contributed by atoms with Crippen LogP contribution in [0.5, 0.6) is 5.75 Å². The average molecular weight is 475 g/mol. The van der Waals surface area contributed by atoms with Crippen molar-refractivity contribution in [3.05, 3.63) is 59.2 Å². The van der Waals surface area contributed by atoms with Crippen LogP contribution >= 0.6 is 0 Å². The molecule has 0 radical (unpaired) electrons. The molecule has 1 aliphatic rings. The maximum atomic E-state index is 13.1. The van der Waals surface area contributed by atoms with Gasteiger partial charge >= 0.3 is 5.97 Å². The van der Waals surface area contributed by atoms with Crippen LogP contribution < -0.4 is 10.1 Å². The molecule has 1 N–H and O–H groups in total. The van der Waals surface area contributed by atoms with Crippen LogP contribution in [-0.2, 0) is 19.6 Å². The maximum Gasteiger partial charge on any atom is 0.339 e. The highest BCUT2D eigenvalue weighted by Crippen LogP contribution is 2.26. The smallest absolute Gasteiger partial charge is 0.339 e. The van der Waals surface area contributed by atoms with Gasteiger partial charge in [-0.2, -0.15) is 4.31 Å². The van der Waals surface area contributed by atoms with Crippen LogP contribution in [0.15, 0.2) is 47.4 Å². The highest BCUT2D eigenvalue weighted by atomic mass is 32.2. The normalized spacial score (nSPS) is 15.1. The van der Waals surface area contributed by atoms with Crippen molar-refractivity contribution in [3.63, 3.8) is 0 Å². The lowest BCUT2D eigenvalue weighted by atomic mass is 9.97. The molecule has 1 fully saturated rings. The molecule has 1 heterocycles. The van der Waals surface area contributed by atoms with Crippen molar-refractivity contribution in [1.82, 2.24) is 9.62 Å². The van der Waals surface area contributed by atoms with E-state index >= 15 is 0 Å². The van der Waals surface area contributed by atoms with Crippen molar-refractivity contribution < 1.29 is 27.5 Å². The number of aryl methyl sites for hydroxylation is 2. The van der Waals surface area contributed by atoms with Gasteiger partial charge in [0.05, 0.1) is 24.1 Å². The number of nitrogens with one attached hydrogen (secondary N) is 1. The van der Waals surface area contributed by atoms with Crippen molar-refractivity contribution in [1.29, 1.82) is 0 Å². The third-order valence-electron chi connectivity index (χ3n) is 5.79. The van der Waals surface area contributed by atoms with E-state index in [0.717, 1.165) is 16.9 Å². The molecule has 1 saturated heterocycles. The van der Waals surface area contributed by atoms with Crippen LogP contribution in [0, 0.1) is 19.8 Å². The van der Waals surface area contributed by atoms with E-state index in [1.54, 1.807) is 12.1 Å². The highest BCUT2D eigenvalue weighted by Gasteiger charge is 2.34. The summed E-state index contributed by atoms with van der Waals surface area (Å²) in [6.07, 6.45) is 0.812. The topological polar surface area (TPSA) is 102 Å². The Balaban J connectivity index is 1.52. The predicted octanol–water partition coefficient (Wildman–Crippen LogP) is 2.69. The lowest BCUT2D eigenvalue weighted by Crippen LogP contribution is -2.43. The summed E-state index contributed by atoms with van der Waals surface area (Å²) in [5, 5.41) is 2.89. The quantitative estimate of drug-likeness (QED) is 0.466. The first-order valence-electron chi connectivity index (χ1n) is 10.9. The predicted molar refractivity (Wildman–Crippen MR) is 124 cm³/mol. The second kappa shape index (κ2) is 10.8. The number of ether oxygens (including phenoxy) is 2. The molecule has 1 amide bonds. The first-order valence-corrected chi connectivity index (χ1v) is 12.3. The number of carbonyl (C=O) groups excluding carboxylic acids is 2. The molecule has 178 valence electrons. The Morgan fingerprint density at radius 2 is 1.67 bits per heavy atom. The van der Waals surface area contributed by atoms with Crippen LogP contribution in [0.3, 0.4) is 0 Å². The minimum absolute atomic E-state index is 0.00348. The van der Waals surface area contributed by atoms with Crippen LogP contribution in [0.4, 0.5) is 0 Å². The van der Waals surface area contributed by atoms with E-state index in [9.17, 15) is 18.0 Å². The molecule has 2 aromatic rings. The van der Waals surface area contributed by atoms with Gasteiger partial charge < -0.3 is 14.8 Å². The molecule has 0 aliphatic carbocycles. The minimum atomic E-state index is -3.88. The Kier molecular flexibility index (Phi) is 8.10. The van der Waals surface area contributed by atoms with Crippen LogP contribution in [-0.4, -0.2) is 58.0 Å². The van der Waals surface area contributed by atoms with Gasteiger partial charge in [0, 0.05) is 19.0 Å². The molecular weight excluding hydrogens is 444 g/mol. The van der Waals surface area contributed by atoms with Crippen molar-refractivity contribution in [2.75, 3.05) is 33.4 Å². The first-order chi connectivity index (χ1) is 15.8. The van der Waals surface area contributed by atoms with Crippen molar-refractivity contribution in [2.24, 2.45) is 5.92 Å². The molecule has 0 unspecified atom stereocenters. The zero-order chi connectivity index (χ0) is 24.0. The van der Waals surface area contributed by atoms with Gasteiger partial charge in [0.2, 0.25) is 15.9 Å². The number of hydrogen-bond donors (Lipinski definition) is 1. The number of esters is 1. The van der Waals surface area contributed by atoms with Gasteiger partial charge in [0.15, 0.2) is 0 Å². The van der Waals surface area contributed by atoms with Gasteiger partial charge in [0.1, 0.15) is 12.4 Å². The Labute approximate surface area is 194 Å². The van der Waals surface area contributed by atoms with Gasteiger partial charge in [-0.05, 0) is 49.9 Å². The molecule has 8 nitrogen and oxygen atoms in total. The van der Waals surface area contributed by atoms with E-state index in [1.807, 2.05) is 32.0 Å². The van der Waals surface area contributed by atoms with Gasteiger partial charge in [-0.15, -0.1) is 0 Å². The summed E-state index contributed by atoms with van der Waals surface area (Å²) >= 11 is 0. The van der Waals surface area contributed by atoms with E-state index in [4.69, 9.17) is 9.47 Å². The van der Waals surface area contributed by atoms with Crippen LogP contribution in [0.1, 0.15) is 34.3 Å². The molecular formula is C24H30N2O6S. The van der Waals surface area contributed by atoms with E-state index < -0.39 is 16.0 Å². The zero-order valence-corrected chi connectivity index (χ0v) is 20.0. The fraction of sp³-hybridized carbons (Fsp3) is 0.417. The van der Waals surface area contributed by atoms with Crippen molar-refractivity contribution in [2.45, 2.75) is 31.6 Å². The summed E-state index contributed by atoms with van der Waals surface area (Å²) < 4.78 is 38.1. The molecule has 0 aromatic heterocycles. The molecule has 0 saturated carbocycles. The number of piperidine rings is 1.